The van der Waals surface area contributed by atoms with Gasteiger partial charge in [0, 0.05) is 31.1 Å². The van der Waals surface area contributed by atoms with Crippen molar-refractivity contribution in [1.29, 1.82) is 0 Å². The number of aromatic amines is 1. The summed E-state index contributed by atoms with van der Waals surface area (Å²) in [5.74, 6) is -1.79. The number of thiazole rings is 1. The highest BCUT2D eigenvalue weighted by atomic mass is 32.1. The predicted molar refractivity (Wildman–Crippen MR) is 125 cm³/mol. The minimum atomic E-state index is -0.941. The molecular weight excluding hydrogens is 461 g/mol. The highest BCUT2D eigenvalue weighted by Crippen LogP contribution is 2.33. The zero-order valence-electron chi connectivity index (χ0n) is 18.6. The van der Waals surface area contributed by atoms with Crippen LogP contribution in [0.2, 0.25) is 0 Å². The summed E-state index contributed by atoms with van der Waals surface area (Å²) in [4.78, 5) is 28.4. The van der Waals surface area contributed by atoms with Crippen LogP contribution in [0.5, 0.6) is 0 Å². The van der Waals surface area contributed by atoms with Crippen molar-refractivity contribution in [3.8, 4) is 10.4 Å². The molecule has 34 heavy (non-hydrogen) atoms. The van der Waals surface area contributed by atoms with Gasteiger partial charge in [-0.3, -0.25) is 4.79 Å². The summed E-state index contributed by atoms with van der Waals surface area (Å²) in [6.07, 6.45) is 3.79. The van der Waals surface area contributed by atoms with Crippen molar-refractivity contribution in [1.82, 2.24) is 19.9 Å². The molecule has 0 aliphatic carbocycles. The molecule has 0 radical (unpaired) electrons. The number of fused-ring (bicyclic) bond motifs is 1. The molecule has 5 nitrogen and oxygen atoms in total. The van der Waals surface area contributed by atoms with Gasteiger partial charge >= 0.3 is 0 Å². The summed E-state index contributed by atoms with van der Waals surface area (Å²) >= 11 is 1.45. The van der Waals surface area contributed by atoms with E-state index in [4.69, 9.17) is 0 Å². The summed E-state index contributed by atoms with van der Waals surface area (Å²) in [5, 5.41) is 0.845. The molecular formula is C25H23F3N4OS. The number of H-pyrrole nitrogens is 1. The first kappa shape index (κ1) is 22.6. The Labute approximate surface area is 198 Å². The number of hydrogen-bond acceptors (Lipinski definition) is 4. The summed E-state index contributed by atoms with van der Waals surface area (Å²) < 4.78 is 40.7. The minimum absolute atomic E-state index is 0.121. The van der Waals surface area contributed by atoms with Crippen molar-refractivity contribution < 1.29 is 18.0 Å². The number of aryl methyl sites for hydroxylation is 1. The quantitative estimate of drug-likeness (QED) is 0.383. The van der Waals surface area contributed by atoms with Crippen molar-refractivity contribution in [2.45, 2.75) is 45.1 Å². The van der Waals surface area contributed by atoms with Gasteiger partial charge in [-0.1, -0.05) is 19.1 Å². The molecule has 9 heteroatoms. The molecule has 1 aliphatic heterocycles. The van der Waals surface area contributed by atoms with Gasteiger partial charge < -0.3 is 9.88 Å². The number of benzene rings is 2. The van der Waals surface area contributed by atoms with Gasteiger partial charge in [0.15, 0.2) is 11.6 Å². The third-order valence-electron chi connectivity index (χ3n) is 6.17. The van der Waals surface area contributed by atoms with Crippen LogP contribution in [0.25, 0.3) is 21.5 Å². The Morgan fingerprint density at radius 2 is 1.88 bits per heavy atom. The van der Waals surface area contributed by atoms with Gasteiger partial charge in [-0.25, -0.2) is 23.1 Å². The van der Waals surface area contributed by atoms with E-state index in [1.54, 1.807) is 12.1 Å². The Hall–Kier alpha value is -3.20. The van der Waals surface area contributed by atoms with E-state index in [-0.39, 0.29) is 17.8 Å². The molecule has 1 aliphatic rings. The summed E-state index contributed by atoms with van der Waals surface area (Å²) in [6.45, 7) is 2.58. The Balaban J connectivity index is 1.45. The van der Waals surface area contributed by atoms with Crippen LogP contribution < -0.4 is 0 Å². The molecule has 1 atom stereocenters. The average molecular weight is 485 g/mol. The SMILES string of the molecule is CCc1nc(C(=O)N2CCCCC2Cc2nc3cc(F)c(F)cc3[nH]2)c(-c2ccc(F)cc2)s1. The van der Waals surface area contributed by atoms with E-state index in [0.717, 1.165) is 46.8 Å². The van der Waals surface area contributed by atoms with E-state index in [0.29, 0.717) is 41.9 Å². The van der Waals surface area contributed by atoms with Crippen molar-refractivity contribution in [3.05, 3.63) is 70.4 Å². The monoisotopic (exact) mass is 484 g/mol. The number of halogens is 3. The average Bonchev–Trinajstić information content (AvgIpc) is 3.43. The van der Waals surface area contributed by atoms with Gasteiger partial charge in [-0.05, 0) is 43.4 Å². The van der Waals surface area contributed by atoms with Crippen molar-refractivity contribution in [3.63, 3.8) is 0 Å². The molecule has 3 heterocycles. The number of piperidine rings is 1. The van der Waals surface area contributed by atoms with Crippen LogP contribution in [0.3, 0.4) is 0 Å². The fraction of sp³-hybridized carbons (Fsp3) is 0.320. The molecule has 1 unspecified atom stereocenters. The molecule has 0 bridgehead atoms. The molecule has 1 saturated heterocycles. The number of rotatable bonds is 5. The third-order valence-corrected chi connectivity index (χ3v) is 7.42. The largest absolute Gasteiger partial charge is 0.342 e. The molecule has 0 saturated carbocycles. The van der Waals surface area contributed by atoms with E-state index in [2.05, 4.69) is 15.0 Å². The first-order chi connectivity index (χ1) is 16.4. The molecule has 2 aromatic carbocycles. The number of carbonyl (C=O) groups is 1. The molecule has 5 rings (SSSR count). The normalized spacial score (nSPS) is 16.4. The maximum Gasteiger partial charge on any atom is 0.274 e. The lowest BCUT2D eigenvalue weighted by atomic mass is 9.98. The molecule has 1 amide bonds. The van der Waals surface area contributed by atoms with Gasteiger partial charge in [-0.15, -0.1) is 11.3 Å². The van der Waals surface area contributed by atoms with Crippen LogP contribution in [0.4, 0.5) is 13.2 Å². The van der Waals surface area contributed by atoms with Crippen LogP contribution >= 0.6 is 11.3 Å². The minimum Gasteiger partial charge on any atom is -0.342 e. The summed E-state index contributed by atoms with van der Waals surface area (Å²) in [7, 11) is 0. The van der Waals surface area contributed by atoms with Crippen LogP contribution in [0.15, 0.2) is 36.4 Å². The standard InChI is InChI=1S/C25H23F3N4OS/c1-2-22-31-23(24(34-22)14-6-8-15(26)9-7-14)25(33)32-10-4-3-5-16(32)11-21-29-19-12-17(27)18(28)13-20(19)30-21/h6-9,12-13,16H,2-5,10-11H2,1H3,(H,29,30). The Morgan fingerprint density at radius 3 is 2.65 bits per heavy atom. The number of amides is 1. The van der Waals surface area contributed by atoms with Crippen LogP contribution in [-0.4, -0.2) is 38.3 Å². The molecule has 176 valence electrons. The number of nitrogens with zero attached hydrogens (tertiary/aromatic N) is 3. The molecule has 0 spiro atoms. The van der Waals surface area contributed by atoms with E-state index >= 15 is 0 Å². The zero-order valence-corrected chi connectivity index (χ0v) is 19.4. The van der Waals surface area contributed by atoms with Gasteiger partial charge in [-0.2, -0.15) is 0 Å². The smallest absolute Gasteiger partial charge is 0.274 e. The fourth-order valence-corrected chi connectivity index (χ4v) is 5.45. The second-order valence-electron chi connectivity index (χ2n) is 8.47. The second kappa shape index (κ2) is 9.21. The topological polar surface area (TPSA) is 61.9 Å². The lowest BCUT2D eigenvalue weighted by Crippen LogP contribution is -2.45. The lowest BCUT2D eigenvalue weighted by molar-refractivity contribution is 0.0607. The predicted octanol–water partition coefficient (Wildman–Crippen LogP) is 5.90. The Bertz CT molecular complexity index is 1310. The second-order valence-corrected chi connectivity index (χ2v) is 9.55. The van der Waals surface area contributed by atoms with Crippen LogP contribution in [0, 0.1) is 17.5 Å². The first-order valence-corrected chi connectivity index (χ1v) is 12.1. The zero-order chi connectivity index (χ0) is 23.8. The van der Waals surface area contributed by atoms with E-state index < -0.39 is 11.6 Å². The number of aromatic nitrogens is 3. The van der Waals surface area contributed by atoms with Crippen LogP contribution in [0.1, 0.15) is 47.5 Å². The number of likely N-dealkylation sites (tertiary alicyclic amines) is 1. The maximum absolute atomic E-state index is 13.7. The van der Waals surface area contributed by atoms with E-state index in [1.807, 2.05) is 11.8 Å². The van der Waals surface area contributed by atoms with Gasteiger partial charge in [0.1, 0.15) is 17.3 Å². The number of imidazole rings is 1. The van der Waals surface area contributed by atoms with Crippen molar-refractivity contribution in [2.24, 2.45) is 0 Å². The van der Waals surface area contributed by atoms with E-state index in [1.165, 1.54) is 23.5 Å². The van der Waals surface area contributed by atoms with Gasteiger partial charge in [0.05, 0.1) is 20.9 Å². The molecule has 2 aromatic heterocycles. The Morgan fingerprint density at radius 1 is 1.12 bits per heavy atom. The highest BCUT2D eigenvalue weighted by molar-refractivity contribution is 7.15. The van der Waals surface area contributed by atoms with Gasteiger partial charge in [0.25, 0.3) is 5.91 Å². The van der Waals surface area contributed by atoms with E-state index in [9.17, 15) is 18.0 Å². The van der Waals surface area contributed by atoms with Gasteiger partial charge in [0.2, 0.25) is 0 Å². The molecule has 1 fully saturated rings. The van der Waals surface area contributed by atoms with Crippen molar-refractivity contribution in [2.75, 3.05) is 6.54 Å². The van der Waals surface area contributed by atoms with Crippen molar-refractivity contribution >= 4 is 28.3 Å². The summed E-state index contributed by atoms with van der Waals surface area (Å²) in [6, 6.07) is 8.15. The number of hydrogen-bond donors (Lipinski definition) is 1. The third kappa shape index (κ3) is 4.32. The Kier molecular flexibility index (Phi) is 6.12. The lowest BCUT2D eigenvalue weighted by Gasteiger charge is -2.35. The maximum atomic E-state index is 13.7. The molecule has 1 N–H and O–H groups in total. The number of carbonyl (C=O) groups excluding carboxylic acids is 1. The summed E-state index contributed by atoms with van der Waals surface area (Å²) in [5.41, 5.74) is 1.92. The fourth-order valence-electron chi connectivity index (χ4n) is 4.45. The number of nitrogens with one attached hydrogen (secondary N) is 1. The molecule has 4 aromatic rings. The van der Waals surface area contributed by atoms with Crippen LogP contribution in [-0.2, 0) is 12.8 Å². The first-order valence-electron chi connectivity index (χ1n) is 11.3. The highest BCUT2D eigenvalue weighted by Gasteiger charge is 2.32.